The van der Waals surface area contributed by atoms with Crippen LogP contribution in [0.4, 0.5) is 4.79 Å². The van der Waals surface area contributed by atoms with E-state index < -0.39 is 0 Å². The fourth-order valence-corrected chi connectivity index (χ4v) is 4.87. The van der Waals surface area contributed by atoms with Crippen molar-refractivity contribution in [2.75, 3.05) is 20.3 Å². The van der Waals surface area contributed by atoms with E-state index in [0.29, 0.717) is 48.5 Å². The standard InChI is InChI=1S/C31H44N6O3/c1-8-13-17-40-30-29-32-15-16-36(29)21-27(35-30)25-19-26(33-20-28(25)39-7)22(6)37(12-5)31(38)34-24(14-9-2)18-23(10-3)11-4/h8-9,15-16,19-24H,1-2,10-14,17-18H2,3-7H3,(H,34,38)/t22-,24?/m1/s1. The molecule has 1 N–H and O–H groups in total. The number of nitrogens with one attached hydrogen (secondary N) is 1. The Morgan fingerprint density at radius 3 is 2.62 bits per heavy atom. The van der Waals surface area contributed by atoms with Gasteiger partial charge >= 0.3 is 6.03 Å². The third-order valence-corrected chi connectivity index (χ3v) is 7.34. The van der Waals surface area contributed by atoms with Gasteiger partial charge in [0.1, 0.15) is 5.75 Å². The summed E-state index contributed by atoms with van der Waals surface area (Å²) in [5.41, 5.74) is 2.76. The Labute approximate surface area is 238 Å². The summed E-state index contributed by atoms with van der Waals surface area (Å²) in [6.07, 6.45) is 15.3. The summed E-state index contributed by atoms with van der Waals surface area (Å²) in [6.45, 7) is 17.0. The van der Waals surface area contributed by atoms with Crippen LogP contribution in [0.2, 0.25) is 0 Å². The molecule has 9 nitrogen and oxygen atoms in total. The lowest BCUT2D eigenvalue weighted by atomic mass is 9.93. The minimum absolute atomic E-state index is 0.0427. The monoisotopic (exact) mass is 548 g/mol. The van der Waals surface area contributed by atoms with E-state index in [-0.39, 0.29) is 18.1 Å². The third-order valence-electron chi connectivity index (χ3n) is 7.34. The zero-order valence-electron chi connectivity index (χ0n) is 24.6. The van der Waals surface area contributed by atoms with E-state index in [2.05, 4.69) is 42.3 Å². The average Bonchev–Trinajstić information content (AvgIpc) is 3.45. The minimum atomic E-state index is -0.285. The number of urea groups is 1. The molecule has 0 aliphatic rings. The van der Waals surface area contributed by atoms with E-state index in [0.717, 1.165) is 36.9 Å². The number of carbonyl (C=O) groups excluding carboxylic acids is 1. The molecule has 0 fully saturated rings. The number of hydrogen-bond donors (Lipinski definition) is 1. The number of methoxy groups -OCH3 is 1. The highest BCUT2D eigenvalue weighted by Crippen LogP contribution is 2.33. The van der Waals surface area contributed by atoms with Crippen molar-refractivity contribution in [2.45, 2.75) is 71.9 Å². The van der Waals surface area contributed by atoms with Crippen LogP contribution in [0.3, 0.4) is 0 Å². The zero-order chi connectivity index (χ0) is 29.1. The largest absolute Gasteiger partial charge is 0.494 e. The number of imidazole rings is 1. The maximum absolute atomic E-state index is 13.5. The highest BCUT2D eigenvalue weighted by atomic mass is 16.5. The van der Waals surface area contributed by atoms with Crippen LogP contribution in [0, 0.1) is 5.92 Å². The van der Waals surface area contributed by atoms with Crippen molar-refractivity contribution >= 4 is 11.7 Å². The molecule has 2 atom stereocenters. The number of amides is 2. The van der Waals surface area contributed by atoms with Crippen LogP contribution in [-0.2, 0) is 0 Å². The van der Waals surface area contributed by atoms with Gasteiger partial charge in [0, 0.05) is 36.7 Å². The van der Waals surface area contributed by atoms with Gasteiger partial charge in [0.2, 0.25) is 5.65 Å². The minimum Gasteiger partial charge on any atom is -0.494 e. The topological polar surface area (TPSA) is 93.9 Å². The van der Waals surface area contributed by atoms with Gasteiger partial charge in [-0.25, -0.2) is 14.8 Å². The maximum atomic E-state index is 13.5. The zero-order valence-corrected chi connectivity index (χ0v) is 24.6. The number of hydrogen-bond acceptors (Lipinski definition) is 6. The van der Waals surface area contributed by atoms with Crippen molar-refractivity contribution in [1.29, 1.82) is 0 Å². The summed E-state index contributed by atoms with van der Waals surface area (Å²) in [4.78, 5) is 29.1. The van der Waals surface area contributed by atoms with Crippen LogP contribution in [-0.4, -0.2) is 56.6 Å². The van der Waals surface area contributed by atoms with Crippen LogP contribution in [0.1, 0.15) is 71.5 Å². The normalized spacial score (nSPS) is 12.7. The summed E-state index contributed by atoms with van der Waals surface area (Å²) >= 11 is 0. The highest BCUT2D eigenvalue weighted by molar-refractivity contribution is 5.75. The van der Waals surface area contributed by atoms with Crippen molar-refractivity contribution < 1.29 is 14.3 Å². The van der Waals surface area contributed by atoms with Crippen LogP contribution in [0.25, 0.3) is 16.9 Å². The third kappa shape index (κ3) is 7.40. The van der Waals surface area contributed by atoms with Crippen LogP contribution >= 0.6 is 0 Å². The average molecular weight is 549 g/mol. The fourth-order valence-electron chi connectivity index (χ4n) is 4.87. The van der Waals surface area contributed by atoms with E-state index >= 15 is 0 Å². The first-order valence-corrected chi connectivity index (χ1v) is 14.2. The first kappa shape index (κ1) is 30.7. The molecule has 0 aliphatic carbocycles. The lowest BCUT2D eigenvalue weighted by Gasteiger charge is -2.31. The van der Waals surface area contributed by atoms with Gasteiger partial charge in [-0.3, -0.25) is 4.98 Å². The summed E-state index contributed by atoms with van der Waals surface area (Å²) in [5.74, 6) is 1.57. The molecule has 0 spiro atoms. The van der Waals surface area contributed by atoms with Crippen molar-refractivity contribution in [3.63, 3.8) is 0 Å². The molecule has 1 unspecified atom stereocenters. The Balaban J connectivity index is 1.92. The second kappa shape index (κ2) is 15.1. The summed E-state index contributed by atoms with van der Waals surface area (Å²) < 4.78 is 13.5. The number of pyridine rings is 1. The lowest BCUT2D eigenvalue weighted by Crippen LogP contribution is -2.46. The second-order valence-electron chi connectivity index (χ2n) is 9.88. The molecule has 40 heavy (non-hydrogen) atoms. The molecule has 3 heterocycles. The molecule has 0 radical (unpaired) electrons. The van der Waals surface area contributed by atoms with Gasteiger partial charge in [0.25, 0.3) is 5.88 Å². The Bertz CT molecular complexity index is 1270. The van der Waals surface area contributed by atoms with Gasteiger partial charge in [0.05, 0.1) is 37.3 Å². The van der Waals surface area contributed by atoms with Crippen molar-refractivity contribution in [2.24, 2.45) is 5.92 Å². The number of ether oxygens (including phenoxy) is 2. The number of carbonyl (C=O) groups is 1. The van der Waals surface area contributed by atoms with Gasteiger partial charge in [-0.05, 0) is 45.1 Å². The van der Waals surface area contributed by atoms with Gasteiger partial charge in [0.15, 0.2) is 0 Å². The van der Waals surface area contributed by atoms with Crippen molar-refractivity contribution in [3.8, 4) is 22.9 Å². The van der Waals surface area contributed by atoms with Crippen LogP contribution in [0.5, 0.6) is 11.6 Å². The first-order chi connectivity index (χ1) is 19.4. The molecule has 0 aromatic carbocycles. The Hall–Kier alpha value is -3.88. The van der Waals surface area contributed by atoms with E-state index in [1.54, 1.807) is 30.5 Å². The van der Waals surface area contributed by atoms with Crippen molar-refractivity contribution in [1.82, 2.24) is 29.6 Å². The van der Waals surface area contributed by atoms with E-state index in [9.17, 15) is 4.79 Å². The predicted octanol–water partition coefficient (Wildman–Crippen LogP) is 6.62. The van der Waals surface area contributed by atoms with E-state index in [1.807, 2.05) is 42.8 Å². The molecular formula is C31H44N6O3. The molecule has 216 valence electrons. The van der Waals surface area contributed by atoms with Crippen LogP contribution < -0.4 is 14.8 Å². The summed E-state index contributed by atoms with van der Waals surface area (Å²) in [5, 5.41) is 3.25. The molecule has 0 saturated heterocycles. The summed E-state index contributed by atoms with van der Waals surface area (Å²) in [6, 6.07) is 1.58. The molecule has 3 aromatic heterocycles. The van der Waals surface area contributed by atoms with E-state index in [4.69, 9.17) is 14.5 Å². The highest BCUT2D eigenvalue weighted by Gasteiger charge is 2.25. The molecule has 0 aliphatic heterocycles. The Morgan fingerprint density at radius 1 is 1.20 bits per heavy atom. The van der Waals surface area contributed by atoms with E-state index in [1.165, 1.54) is 0 Å². The molecule has 9 heteroatoms. The molecule has 3 rings (SSSR count). The Morgan fingerprint density at radius 2 is 1.98 bits per heavy atom. The van der Waals surface area contributed by atoms with Crippen LogP contribution in [0.15, 0.2) is 56.2 Å². The lowest BCUT2D eigenvalue weighted by molar-refractivity contribution is 0.175. The molecule has 0 bridgehead atoms. The smallest absolute Gasteiger partial charge is 0.318 e. The quantitative estimate of drug-likeness (QED) is 0.160. The number of fused-ring (bicyclic) bond motifs is 1. The predicted molar refractivity (Wildman–Crippen MR) is 160 cm³/mol. The maximum Gasteiger partial charge on any atom is 0.318 e. The van der Waals surface area contributed by atoms with Gasteiger partial charge in [-0.1, -0.05) is 38.8 Å². The number of nitrogens with zero attached hydrogens (tertiary/aromatic N) is 5. The van der Waals surface area contributed by atoms with Gasteiger partial charge in [-0.2, -0.15) is 0 Å². The summed E-state index contributed by atoms with van der Waals surface area (Å²) in [7, 11) is 1.60. The number of aromatic nitrogens is 4. The SMILES string of the molecule is C=CCCOc1nc(-c2cc([C@@H](C)N(CC)C(=O)NC(CC=C)CC(CC)CC)ncc2OC)cn2ccnc12. The number of rotatable bonds is 16. The van der Waals surface area contributed by atoms with Crippen molar-refractivity contribution in [3.05, 3.63) is 61.9 Å². The molecule has 3 aromatic rings. The molecular weight excluding hydrogens is 504 g/mol. The fraction of sp³-hybridized carbons (Fsp3) is 0.484. The first-order valence-electron chi connectivity index (χ1n) is 14.2. The molecule has 0 saturated carbocycles. The van der Waals surface area contributed by atoms with Gasteiger partial charge in [-0.15, -0.1) is 13.2 Å². The molecule has 2 amide bonds. The second-order valence-corrected chi connectivity index (χ2v) is 9.88. The Kier molecular flexibility index (Phi) is 11.5. The van der Waals surface area contributed by atoms with Gasteiger partial charge < -0.3 is 24.1 Å².